The molecule has 0 atom stereocenters. The van der Waals surface area contributed by atoms with Crippen LogP contribution in [-0.4, -0.2) is 56.3 Å². The molecule has 1 heterocycles. The number of nitrogens with zero attached hydrogens (tertiary/aromatic N) is 2. The van der Waals surface area contributed by atoms with E-state index in [0.717, 1.165) is 28.9 Å². The Hall–Kier alpha value is -2.29. The summed E-state index contributed by atoms with van der Waals surface area (Å²) in [4.78, 5) is 14.5. The first kappa shape index (κ1) is 21.4. The smallest absolute Gasteiger partial charge is 0.243 e. The van der Waals surface area contributed by atoms with E-state index >= 15 is 0 Å². The summed E-state index contributed by atoms with van der Waals surface area (Å²) < 4.78 is 40.1. The van der Waals surface area contributed by atoms with Crippen molar-refractivity contribution in [2.45, 2.75) is 25.2 Å². The molecule has 0 saturated carbocycles. The molecule has 6 nitrogen and oxygen atoms in total. The van der Waals surface area contributed by atoms with Crippen LogP contribution >= 0.6 is 0 Å². The number of benzene rings is 2. The number of rotatable bonds is 5. The molecule has 0 bridgehead atoms. The van der Waals surface area contributed by atoms with Gasteiger partial charge in [0.25, 0.3) is 0 Å². The molecular formula is C21H26FN3O3S. The number of aryl methyl sites for hydroxylation is 2. The molecule has 0 aromatic heterocycles. The van der Waals surface area contributed by atoms with Crippen LogP contribution in [0.5, 0.6) is 0 Å². The van der Waals surface area contributed by atoms with Crippen LogP contribution in [0.15, 0.2) is 47.4 Å². The number of hydrogen-bond acceptors (Lipinski definition) is 4. The Bertz CT molecular complexity index is 957. The first-order valence-electron chi connectivity index (χ1n) is 9.60. The lowest BCUT2D eigenvalue weighted by molar-refractivity contribution is -0.117. The highest BCUT2D eigenvalue weighted by Gasteiger charge is 2.27. The van der Waals surface area contributed by atoms with E-state index in [-0.39, 0.29) is 23.9 Å². The van der Waals surface area contributed by atoms with Gasteiger partial charge in [-0.1, -0.05) is 6.07 Å². The summed E-state index contributed by atoms with van der Waals surface area (Å²) in [5, 5.41) is 2.92. The average molecular weight is 420 g/mol. The third-order valence-electron chi connectivity index (χ3n) is 4.87. The van der Waals surface area contributed by atoms with Crippen molar-refractivity contribution in [1.82, 2.24) is 9.21 Å². The van der Waals surface area contributed by atoms with Crippen molar-refractivity contribution in [1.29, 1.82) is 0 Å². The van der Waals surface area contributed by atoms with Crippen LogP contribution in [0.25, 0.3) is 0 Å². The van der Waals surface area contributed by atoms with Gasteiger partial charge in [0.1, 0.15) is 5.82 Å². The summed E-state index contributed by atoms with van der Waals surface area (Å²) in [7, 11) is -3.67. The van der Waals surface area contributed by atoms with E-state index in [1.165, 1.54) is 16.4 Å². The van der Waals surface area contributed by atoms with E-state index < -0.39 is 15.8 Å². The topological polar surface area (TPSA) is 69.7 Å². The maximum absolute atomic E-state index is 13.1. The van der Waals surface area contributed by atoms with E-state index in [4.69, 9.17) is 0 Å². The minimum atomic E-state index is -3.67. The van der Waals surface area contributed by atoms with Gasteiger partial charge in [0.15, 0.2) is 0 Å². The molecule has 1 aliphatic rings. The largest absolute Gasteiger partial charge is 0.325 e. The van der Waals surface area contributed by atoms with Gasteiger partial charge in [0.05, 0.1) is 11.4 Å². The van der Waals surface area contributed by atoms with Crippen LogP contribution < -0.4 is 5.32 Å². The zero-order valence-corrected chi connectivity index (χ0v) is 17.5. The van der Waals surface area contributed by atoms with Crippen molar-refractivity contribution >= 4 is 21.6 Å². The average Bonchev–Trinajstić information content (AvgIpc) is 2.87. The number of anilines is 1. The maximum atomic E-state index is 13.1. The molecule has 2 aromatic carbocycles. The Morgan fingerprint density at radius 1 is 1.00 bits per heavy atom. The van der Waals surface area contributed by atoms with Gasteiger partial charge in [-0.25, -0.2) is 12.8 Å². The Balaban J connectivity index is 1.59. The summed E-state index contributed by atoms with van der Waals surface area (Å²) in [6.45, 7) is 5.92. The Morgan fingerprint density at radius 2 is 1.66 bits per heavy atom. The fourth-order valence-corrected chi connectivity index (χ4v) is 5.02. The zero-order valence-electron chi connectivity index (χ0n) is 16.7. The molecule has 1 aliphatic heterocycles. The van der Waals surface area contributed by atoms with Crippen LogP contribution in [0.1, 0.15) is 17.5 Å². The Kier molecular flexibility index (Phi) is 6.66. The van der Waals surface area contributed by atoms with E-state index in [0.29, 0.717) is 26.1 Å². The van der Waals surface area contributed by atoms with Gasteiger partial charge in [0, 0.05) is 25.3 Å². The molecule has 0 aliphatic carbocycles. The summed E-state index contributed by atoms with van der Waals surface area (Å²) in [5.41, 5.74) is 2.93. The van der Waals surface area contributed by atoms with Crippen LogP contribution in [0.3, 0.4) is 0 Å². The SMILES string of the molecule is Cc1cc(C)cc(NC(=O)CN2CCCN(S(=O)(=O)c3ccc(F)cc3)CC2)c1. The molecule has 29 heavy (non-hydrogen) atoms. The van der Waals surface area contributed by atoms with Gasteiger partial charge in [-0.15, -0.1) is 0 Å². The number of nitrogens with one attached hydrogen (secondary N) is 1. The van der Waals surface area contributed by atoms with E-state index in [9.17, 15) is 17.6 Å². The highest BCUT2D eigenvalue weighted by Crippen LogP contribution is 2.18. The van der Waals surface area contributed by atoms with Crippen LogP contribution in [-0.2, 0) is 14.8 Å². The second-order valence-electron chi connectivity index (χ2n) is 7.41. The fraction of sp³-hybridized carbons (Fsp3) is 0.381. The minimum absolute atomic E-state index is 0.0833. The van der Waals surface area contributed by atoms with Crippen molar-refractivity contribution in [2.24, 2.45) is 0 Å². The van der Waals surface area contributed by atoms with Gasteiger partial charge >= 0.3 is 0 Å². The van der Waals surface area contributed by atoms with Crippen molar-refractivity contribution in [3.63, 3.8) is 0 Å². The first-order valence-corrected chi connectivity index (χ1v) is 11.0. The molecule has 156 valence electrons. The monoisotopic (exact) mass is 419 g/mol. The lowest BCUT2D eigenvalue weighted by Crippen LogP contribution is -2.38. The molecule has 3 rings (SSSR count). The van der Waals surface area contributed by atoms with Crippen LogP contribution in [0.4, 0.5) is 10.1 Å². The van der Waals surface area contributed by atoms with E-state index in [1.807, 2.05) is 36.9 Å². The predicted octanol–water partition coefficient (Wildman–Crippen LogP) is 2.78. The lowest BCUT2D eigenvalue weighted by atomic mass is 10.1. The molecule has 1 amide bonds. The standard InChI is InChI=1S/C21H26FN3O3S/c1-16-12-17(2)14-19(13-16)23-21(26)15-24-8-3-9-25(11-10-24)29(27,28)20-6-4-18(22)5-7-20/h4-7,12-14H,3,8-11,15H2,1-2H3,(H,23,26). The number of halogens is 1. The fourth-order valence-electron chi connectivity index (χ4n) is 3.55. The third-order valence-corrected chi connectivity index (χ3v) is 6.78. The van der Waals surface area contributed by atoms with Gasteiger partial charge in [-0.05, 0) is 74.3 Å². The van der Waals surface area contributed by atoms with Crippen molar-refractivity contribution in [3.05, 3.63) is 59.4 Å². The van der Waals surface area contributed by atoms with Gasteiger partial charge in [-0.3, -0.25) is 9.69 Å². The summed E-state index contributed by atoms with van der Waals surface area (Å²) in [5.74, 6) is -0.592. The Morgan fingerprint density at radius 3 is 2.31 bits per heavy atom. The number of sulfonamides is 1. The molecule has 0 unspecified atom stereocenters. The van der Waals surface area contributed by atoms with Gasteiger partial charge in [-0.2, -0.15) is 4.31 Å². The second-order valence-corrected chi connectivity index (χ2v) is 9.35. The summed E-state index contributed by atoms with van der Waals surface area (Å²) >= 11 is 0. The van der Waals surface area contributed by atoms with E-state index in [1.54, 1.807) is 0 Å². The van der Waals surface area contributed by atoms with Crippen molar-refractivity contribution < 1.29 is 17.6 Å². The third kappa shape index (κ3) is 5.62. The molecule has 8 heteroatoms. The molecule has 1 fully saturated rings. The highest BCUT2D eigenvalue weighted by molar-refractivity contribution is 7.89. The number of hydrogen-bond donors (Lipinski definition) is 1. The number of carbonyl (C=O) groups is 1. The Labute approximate surface area is 171 Å². The number of amides is 1. The van der Waals surface area contributed by atoms with Gasteiger partial charge < -0.3 is 5.32 Å². The molecule has 1 saturated heterocycles. The highest BCUT2D eigenvalue weighted by atomic mass is 32.2. The quantitative estimate of drug-likeness (QED) is 0.809. The molecule has 0 spiro atoms. The van der Waals surface area contributed by atoms with Crippen molar-refractivity contribution in [3.8, 4) is 0 Å². The van der Waals surface area contributed by atoms with Gasteiger partial charge in [0.2, 0.25) is 15.9 Å². The normalized spacial score (nSPS) is 16.4. The second kappa shape index (κ2) is 9.02. The zero-order chi connectivity index (χ0) is 21.0. The molecule has 1 N–H and O–H groups in total. The molecule has 0 radical (unpaired) electrons. The molecule has 2 aromatic rings. The predicted molar refractivity (Wildman–Crippen MR) is 111 cm³/mol. The summed E-state index contributed by atoms with van der Waals surface area (Å²) in [6, 6.07) is 10.7. The summed E-state index contributed by atoms with van der Waals surface area (Å²) in [6.07, 6.45) is 0.622. The van der Waals surface area contributed by atoms with Crippen molar-refractivity contribution in [2.75, 3.05) is 38.0 Å². The number of carbonyl (C=O) groups excluding carboxylic acids is 1. The van der Waals surface area contributed by atoms with E-state index in [2.05, 4.69) is 5.32 Å². The lowest BCUT2D eigenvalue weighted by Gasteiger charge is -2.21. The first-order chi connectivity index (χ1) is 13.7. The minimum Gasteiger partial charge on any atom is -0.325 e. The molecular weight excluding hydrogens is 393 g/mol. The van der Waals surface area contributed by atoms with Crippen LogP contribution in [0, 0.1) is 19.7 Å². The maximum Gasteiger partial charge on any atom is 0.243 e. The van der Waals surface area contributed by atoms with Crippen LogP contribution in [0.2, 0.25) is 0 Å².